The Balaban J connectivity index is 2.01. The molecule has 0 amide bonds. The highest BCUT2D eigenvalue weighted by molar-refractivity contribution is 5.15. The third kappa shape index (κ3) is 3.03. The van der Waals surface area contributed by atoms with Crippen LogP contribution in [-0.2, 0) is 0 Å². The molecule has 0 bridgehead atoms. The lowest BCUT2D eigenvalue weighted by atomic mass is 9.85. The smallest absolute Gasteiger partial charge is 0.0270 e. The van der Waals surface area contributed by atoms with Gasteiger partial charge in [-0.25, -0.2) is 0 Å². The maximum atomic E-state index is 11.5. The van der Waals surface area contributed by atoms with E-state index in [0.717, 1.165) is 25.7 Å². The first-order valence-corrected chi connectivity index (χ1v) is 5.92. The van der Waals surface area contributed by atoms with Crippen LogP contribution in [0.2, 0.25) is 0 Å². The fraction of sp³-hybridized carbons (Fsp3) is 0.615. The van der Waals surface area contributed by atoms with Crippen molar-refractivity contribution < 1.29 is 5.11 Å². The minimum atomic E-state index is -0.324. The van der Waals surface area contributed by atoms with Gasteiger partial charge in [-0.05, 0) is 36.5 Å². The third-order valence-electron chi connectivity index (χ3n) is 3.34. The van der Waals surface area contributed by atoms with Crippen molar-refractivity contribution in [2.24, 2.45) is 0 Å². The number of nitrogens with zero attached hydrogens (tertiary/aromatic N) is 1. The molecule has 1 aliphatic carbocycles. The summed E-state index contributed by atoms with van der Waals surface area (Å²) in [4.78, 5) is 4.04. The molecule has 0 radical (unpaired) electrons. The number of hydrogen-bond donors (Lipinski definition) is 0. The zero-order valence-electron chi connectivity index (χ0n) is 9.06. The summed E-state index contributed by atoms with van der Waals surface area (Å²) in [5, 5.41) is 11.5. The van der Waals surface area contributed by atoms with Gasteiger partial charge in [-0.15, -0.1) is 6.10 Å². The molecule has 0 N–H and O–H groups in total. The van der Waals surface area contributed by atoms with Crippen LogP contribution in [0.3, 0.4) is 0 Å². The molecule has 1 heterocycles. The van der Waals surface area contributed by atoms with Crippen LogP contribution in [0.1, 0.15) is 50.0 Å². The molecule has 2 heteroatoms. The van der Waals surface area contributed by atoms with Crippen molar-refractivity contribution in [3.63, 3.8) is 0 Å². The predicted molar refractivity (Wildman–Crippen MR) is 58.5 cm³/mol. The van der Waals surface area contributed by atoms with Gasteiger partial charge in [-0.2, -0.15) is 0 Å². The molecule has 0 aromatic carbocycles. The van der Waals surface area contributed by atoms with Gasteiger partial charge in [0.15, 0.2) is 0 Å². The highest BCUT2D eigenvalue weighted by Gasteiger charge is 2.13. The molecule has 0 aliphatic heterocycles. The zero-order valence-corrected chi connectivity index (χ0v) is 9.06. The lowest BCUT2D eigenvalue weighted by molar-refractivity contribution is -0.423. The number of hydrogen-bond acceptors (Lipinski definition) is 2. The number of pyridine rings is 1. The second-order valence-corrected chi connectivity index (χ2v) is 4.46. The first-order valence-electron chi connectivity index (χ1n) is 5.92. The largest absolute Gasteiger partial charge is 0.852 e. The Morgan fingerprint density at radius 3 is 2.53 bits per heavy atom. The van der Waals surface area contributed by atoms with Gasteiger partial charge >= 0.3 is 0 Å². The van der Waals surface area contributed by atoms with Gasteiger partial charge in [0, 0.05) is 12.4 Å². The van der Waals surface area contributed by atoms with Crippen LogP contribution in [-0.4, -0.2) is 11.1 Å². The van der Waals surface area contributed by atoms with Crippen molar-refractivity contribution in [2.45, 2.75) is 50.5 Å². The van der Waals surface area contributed by atoms with E-state index in [4.69, 9.17) is 0 Å². The van der Waals surface area contributed by atoms with Crippen LogP contribution in [0, 0.1) is 0 Å². The Bertz CT molecular complexity index is 286. The van der Waals surface area contributed by atoms with E-state index < -0.39 is 0 Å². The summed E-state index contributed by atoms with van der Waals surface area (Å²) >= 11 is 0. The monoisotopic (exact) mass is 204 g/mol. The van der Waals surface area contributed by atoms with Gasteiger partial charge in [0.2, 0.25) is 0 Å². The summed E-state index contributed by atoms with van der Waals surface area (Å²) < 4.78 is 0. The summed E-state index contributed by atoms with van der Waals surface area (Å²) in [5.41, 5.74) is 1.36. The molecule has 1 aromatic rings. The van der Waals surface area contributed by atoms with E-state index >= 15 is 0 Å². The van der Waals surface area contributed by atoms with E-state index in [1.165, 1.54) is 18.4 Å². The van der Waals surface area contributed by atoms with E-state index in [1.807, 2.05) is 12.4 Å². The first-order chi connectivity index (χ1) is 7.36. The number of rotatable bonds is 1. The van der Waals surface area contributed by atoms with Crippen LogP contribution in [0.15, 0.2) is 24.5 Å². The van der Waals surface area contributed by atoms with Crippen molar-refractivity contribution in [3.8, 4) is 0 Å². The van der Waals surface area contributed by atoms with E-state index in [9.17, 15) is 5.11 Å². The minimum absolute atomic E-state index is 0.324. The van der Waals surface area contributed by atoms with Gasteiger partial charge < -0.3 is 5.11 Å². The van der Waals surface area contributed by atoms with Crippen molar-refractivity contribution in [1.29, 1.82) is 0 Å². The SMILES string of the molecule is [O-]C1CCCCC(c2ccncc2)CC1. The van der Waals surface area contributed by atoms with Crippen LogP contribution < -0.4 is 5.11 Å². The van der Waals surface area contributed by atoms with E-state index in [1.54, 1.807) is 0 Å². The third-order valence-corrected chi connectivity index (χ3v) is 3.34. The molecule has 2 rings (SSSR count). The predicted octanol–water partition coefficient (Wildman–Crippen LogP) is 2.25. The Morgan fingerprint density at radius 1 is 1.00 bits per heavy atom. The molecule has 82 valence electrons. The number of aromatic nitrogens is 1. The summed E-state index contributed by atoms with van der Waals surface area (Å²) in [6, 6.07) is 4.18. The molecule has 0 saturated heterocycles. The Morgan fingerprint density at radius 2 is 1.73 bits per heavy atom. The first kappa shape index (κ1) is 10.6. The molecule has 0 spiro atoms. The summed E-state index contributed by atoms with van der Waals surface area (Å²) in [5.74, 6) is 0.588. The molecule has 1 fully saturated rings. The standard InChI is InChI=1S/C13H18NO/c15-13-4-2-1-3-11(5-6-13)12-7-9-14-10-8-12/h7-11,13H,1-6H2/q-1. The molecular weight excluding hydrogens is 186 g/mol. The quantitative estimate of drug-likeness (QED) is 0.703. The van der Waals surface area contributed by atoms with Crippen LogP contribution >= 0.6 is 0 Å². The molecule has 1 saturated carbocycles. The summed E-state index contributed by atoms with van der Waals surface area (Å²) in [6.07, 6.45) is 9.69. The lowest BCUT2D eigenvalue weighted by Crippen LogP contribution is -2.26. The zero-order chi connectivity index (χ0) is 10.5. The van der Waals surface area contributed by atoms with Crippen LogP contribution in [0.4, 0.5) is 0 Å². The van der Waals surface area contributed by atoms with Crippen molar-refractivity contribution in [2.75, 3.05) is 0 Å². The van der Waals surface area contributed by atoms with Gasteiger partial charge in [-0.1, -0.05) is 25.7 Å². The molecule has 2 atom stereocenters. The molecule has 1 aliphatic rings. The molecular formula is C13H18NO-. The summed E-state index contributed by atoms with van der Waals surface area (Å²) in [6.45, 7) is 0. The highest BCUT2D eigenvalue weighted by atomic mass is 16.3. The van der Waals surface area contributed by atoms with Gasteiger partial charge in [0.05, 0.1) is 0 Å². The van der Waals surface area contributed by atoms with E-state index in [-0.39, 0.29) is 6.10 Å². The van der Waals surface area contributed by atoms with Crippen molar-refractivity contribution in [3.05, 3.63) is 30.1 Å². The Labute approximate surface area is 91.4 Å². The second kappa shape index (κ2) is 5.26. The van der Waals surface area contributed by atoms with Gasteiger partial charge in [-0.3, -0.25) is 4.98 Å². The lowest BCUT2D eigenvalue weighted by Gasteiger charge is -2.28. The van der Waals surface area contributed by atoms with E-state index in [0.29, 0.717) is 5.92 Å². The second-order valence-electron chi connectivity index (χ2n) is 4.46. The normalized spacial score (nSPS) is 28.1. The fourth-order valence-corrected chi connectivity index (χ4v) is 2.41. The molecule has 15 heavy (non-hydrogen) atoms. The topological polar surface area (TPSA) is 36.0 Å². The van der Waals surface area contributed by atoms with Gasteiger partial charge in [0.25, 0.3) is 0 Å². The average Bonchev–Trinajstić information content (AvgIpc) is 2.25. The maximum absolute atomic E-state index is 11.5. The van der Waals surface area contributed by atoms with Crippen LogP contribution in [0.5, 0.6) is 0 Å². The van der Waals surface area contributed by atoms with Crippen LogP contribution in [0.25, 0.3) is 0 Å². The van der Waals surface area contributed by atoms with Crippen molar-refractivity contribution >= 4 is 0 Å². The fourth-order valence-electron chi connectivity index (χ4n) is 2.41. The highest BCUT2D eigenvalue weighted by Crippen LogP contribution is 2.29. The van der Waals surface area contributed by atoms with E-state index in [2.05, 4.69) is 17.1 Å². The average molecular weight is 204 g/mol. The molecule has 2 unspecified atom stereocenters. The Kier molecular flexibility index (Phi) is 3.73. The minimum Gasteiger partial charge on any atom is -0.852 e. The van der Waals surface area contributed by atoms with Crippen molar-refractivity contribution in [1.82, 2.24) is 4.98 Å². The van der Waals surface area contributed by atoms with Gasteiger partial charge in [0.1, 0.15) is 0 Å². The maximum Gasteiger partial charge on any atom is 0.0270 e. The molecule has 2 nitrogen and oxygen atoms in total. The Hall–Kier alpha value is -0.890. The summed E-state index contributed by atoms with van der Waals surface area (Å²) in [7, 11) is 0. The molecule has 1 aromatic heterocycles.